The minimum atomic E-state index is -3.28. The number of benzene rings is 1. The topological polar surface area (TPSA) is 113 Å². The summed E-state index contributed by atoms with van der Waals surface area (Å²) in [6.45, 7) is 0. The van der Waals surface area contributed by atoms with E-state index < -0.39 is 21.9 Å². The summed E-state index contributed by atoms with van der Waals surface area (Å²) in [5.41, 5.74) is 1.04. The van der Waals surface area contributed by atoms with Gasteiger partial charge in [-0.3, -0.25) is 0 Å². The number of methoxy groups -OCH3 is 1. The third-order valence-corrected chi connectivity index (χ3v) is 5.18. The van der Waals surface area contributed by atoms with Crippen LogP contribution in [0.3, 0.4) is 0 Å². The molecule has 148 valence electrons. The van der Waals surface area contributed by atoms with E-state index in [-0.39, 0.29) is 18.1 Å². The Kier molecular flexibility index (Phi) is 5.80. The number of rotatable bonds is 7. The molecule has 0 aliphatic carbocycles. The van der Waals surface area contributed by atoms with Crippen LogP contribution in [-0.4, -0.2) is 59.4 Å². The summed E-state index contributed by atoms with van der Waals surface area (Å²) in [6.07, 6.45) is 2.62. The van der Waals surface area contributed by atoms with E-state index in [4.69, 9.17) is 21.1 Å². The van der Waals surface area contributed by atoms with Crippen molar-refractivity contribution in [3.8, 4) is 11.6 Å². The van der Waals surface area contributed by atoms with E-state index in [1.54, 1.807) is 18.2 Å². The number of ether oxygens (including phenoxy) is 2. The molecule has 1 atom stereocenters. The number of hydrogen-bond donors (Lipinski definition) is 0. The van der Waals surface area contributed by atoms with E-state index in [0.29, 0.717) is 21.7 Å². The molecule has 0 N–H and O–H groups in total. The van der Waals surface area contributed by atoms with Crippen LogP contribution in [0.25, 0.3) is 16.7 Å². The predicted molar refractivity (Wildman–Crippen MR) is 102 cm³/mol. The second-order valence-electron chi connectivity index (χ2n) is 5.97. The first-order chi connectivity index (χ1) is 13.3. The summed E-state index contributed by atoms with van der Waals surface area (Å²) in [4.78, 5) is 20.3. The number of fused-ring (bicyclic) bond motifs is 1. The monoisotopic (exact) mass is 424 g/mol. The lowest BCUT2D eigenvalue weighted by atomic mass is 10.3. The minimum absolute atomic E-state index is 0.0738. The summed E-state index contributed by atoms with van der Waals surface area (Å²) in [7, 11) is -2.09. The Hall–Kier alpha value is -2.72. The van der Waals surface area contributed by atoms with E-state index in [1.165, 1.54) is 24.3 Å². The molecule has 0 saturated heterocycles. The molecule has 0 saturated carbocycles. The zero-order chi connectivity index (χ0) is 20.3. The Morgan fingerprint density at radius 2 is 2.04 bits per heavy atom. The van der Waals surface area contributed by atoms with Crippen LogP contribution < -0.4 is 4.74 Å². The van der Waals surface area contributed by atoms with E-state index >= 15 is 0 Å². The lowest BCUT2D eigenvalue weighted by Gasteiger charge is -2.16. The molecule has 0 aliphatic rings. The van der Waals surface area contributed by atoms with Crippen LogP contribution in [0, 0.1) is 0 Å². The third kappa shape index (κ3) is 4.39. The van der Waals surface area contributed by atoms with Gasteiger partial charge in [0.1, 0.15) is 21.6 Å². The molecule has 2 heterocycles. The molecular weight excluding hydrogens is 408 g/mol. The van der Waals surface area contributed by atoms with Crippen molar-refractivity contribution in [1.82, 2.24) is 19.7 Å². The number of hydrogen-bond acceptors (Lipinski definition) is 8. The normalized spacial score (nSPS) is 12.7. The third-order valence-electron chi connectivity index (χ3n) is 3.88. The van der Waals surface area contributed by atoms with Gasteiger partial charge in [-0.15, -0.1) is 0 Å². The van der Waals surface area contributed by atoms with E-state index in [1.807, 2.05) is 6.07 Å². The van der Waals surface area contributed by atoms with Gasteiger partial charge in [0.2, 0.25) is 5.88 Å². The summed E-state index contributed by atoms with van der Waals surface area (Å²) < 4.78 is 34.8. The predicted octanol–water partition coefficient (Wildman–Crippen LogP) is 1.82. The summed E-state index contributed by atoms with van der Waals surface area (Å²) in [6, 6.07) is 7.11. The van der Waals surface area contributed by atoms with E-state index in [9.17, 15) is 13.2 Å². The zero-order valence-electron chi connectivity index (χ0n) is 15.1. The molecule has 2 aromatic heterocycles. The van der Waals surface area contributed by atoms with Gasteiger partial charge in [-0.05, 0) is 12.1 Å². The Morgan fingerprint density at radius 3 is 2.71 bits per heavy atom. The van der Waals surface area contributed by atoms with Gasteiger partial charge >= 0.3 is 5.97 Å². The zero-order valence-corrected chi connectivity index (χ0v) is 16.6. The van der Waals surface area contributed by atoms with Gasteiger partial charge < -0.3 is 9.47 Å². The Balaban J connectivity index is 1.97. The maximum absolute atomic E-state index is 12.0. The fraction of sp³-hybridized carbons (Fsp3) is 0.294. The summed E-state index contributed by atoms with van der Waals surface area (Å²) in [5.74, 6) is -0.846. The fourth-order valence-corrected chi connectivity index (χ4v) is 3.39. The van der Waals surface area contributed by atoms with Gasteiger partial charge in [0.15, 0.2) is 11.8 Å². The number of esters is 1. The first-order valence-electron chi connectivity index (χ1n) is 8.16. The van der Waals surface area contributed by atoms with Crippen molar-refractivity contribution in [3.63, 3.8) is 0 Å². The average molecular weight is 425 g/mol. The molecule has 11 heteroatoms. The highest BCUT2D eigenvalue weighted by molar-refractivity contribution is 7.90. The minimum Gasteiger partial charge on any atom is -0.466 e. The van der Waals surface area contributed by atoms with Crippen LogP contribution in [0.1, 0.15) is 6.42 Å². The molecule has 0 amide bonds. The molecule has 0 fully saturated rings. The van der Waals surface area contributed by atoms with Gasteiger partial charge in [-0.25, -0.2) is 27.9 Å². The van der Waals surface area contributed by atoms with E-state index in [2.05, 4.69) is 15.1 Å². The van der Waals surface area contributed by atoms with Gasteiger partial charge in [0.25, 0.3) is 0 Å². The molecule has 3 aromatic rings. The van der Waals surface area contributed by atoms with Crippen molar-refractivity contribution in [2.45, 2.75) is 12.5 Å². The van der Waals surface area contributed by atoms with Crippen LogP contribution in [0.2, 0.25) is 5.02 Å². The summed E-state index contributed by atoms with van der Waals surface area (Å²) in [5, 5.41) is 5.20. The molecule has 28 heavy (non-hydrogen) atoms. The molecule has 0 aliphatic heterocycles. The molecule has 1 unspecified atom stereocenters. The molecule has 0 spiro atoms. The second-order valence-corrected chi connectivity index (χ2v) is 8.64. The van der Waals surface area contributed by atoms with Crippen molar-refractivity contribution < 1.29 is 22.7 Å². The standard InChI is InChI=1S/C17H17ClN4O5S/c1-26-17(23)14(7-8-28(2,24)25)27-16-11-9-21-22(15(11)19-10-20-16)13-6-4-3-5-12(13)18/h3-6,9-10,14H,7-8H2,1-2H3. The molecule has 1 aromatic carbocycles. The Labute approximate surface area is 166 Å². The van der Waals surface area contributed by atoms with Crippen LogP contribution >= 0.6 is 11.6 Å². The smallest absolute Gasteiger partial charge is 0.347 e. The first-order valence-corrected chi connectivity index (χ1v) is 10.6. The van der Waals surface area contributed by atoms with Crippen LogP contribution in [0.15, 0.2) is 36.8 Å². The molecule has 0 bridgehead atoms. The second kappa shape index (κ2) is 8.11. The van der Waals surface area contributed by atoms with Crippen molar-refractivity contribution in [2.24, 2.45) is 0 Å². The van der Waals surface area contributed by atoms with Crippen LogP contribution in [0.4, 0.5) is 0 Å². The lowest BCUT2D eigenvalue weighted by Crippen LogP contribution is -2.31. The number of carbonyl (C=O) groups excluding carboxylic acids is 1. The Morgan fingerprint density at radius 1 is 1.29 bits per heavy atom. The number of halogens is 1. The fourth-order valence-electron chi connectivity index (χ4n) is 2.53. The number of sulfone groups is 1. The number of nitrogens with zero attached hydrogens (tertiary/aromatic N) is 4. The van der Waals surface area contributed by atoms with Crippen LogP contribution in [-0.2, 0) is 19.4 Å². The maximum atomic E-state index is 12.0. The number of para-hydroxylation sites is 1. The van der Waals surface area contributed by atoms with Gasteiger partial charge in [-0.2, -0.15) is 5.10 Å². The maximum Gasteiger partial charge on any atom is 0.347 e. The molecule has 3 rings (SSSR count). The van der Waals surface area contributed by atoms with Crippen molar-refractivity contribution in [3.05, 3.63) is 41.8 Å². The average Bonchev–Trinajstić information content (AvgIpc) is 3.09. The molecular formula is C17H17ClN4O5S. The van der Waals surface area contributed by atoms with Gasteiger partial charge in [0.05, 0.1) is 29.8 Å². The summed E-state index contributed by atoms with van der Waals surface area (Å²) >= 11 is 6.23. The van der Waals surface area contributed by atoms with Gasteiger partial charge in [0, 0.05) is 12.7 Å². The van der Waals surface area contributed by atoms with E-state index in [0.717, 1.165) is 6.26 Å². The number of aromatic nitrogens is 4. The lowest BCUT2D eigenvalue weighted by molar-refractivity contribution is -0.148. The highest BCUT2D eigenvalue weighted by Crippen LogP contribution is 2.27. The number of carbonyl (C=O) groups is 1. The first kappa shape index (κ1) is 20.0. The highest BCUT2D eigenvalue weighted by atomic mass is 35.5. The highest BCUT2D eigenvalue weighted by Gasteiger charge is 2.25. The van der Waals surface area contributed by atoms with Crippen LogP contribution in [0.5, 0.6) is 5.88 Å². The van der Waals surface area contributed by atoms with Gasteiger partial charge in [-0.1, -0.05) is 23.7 Å². The molecule has 9 nitrogen and oxygen atoms in total. The van der Waals surface area contributed by atoms with Crippen molar-refractivity contribution in [1.29, 1.82) is 0 Å². The largest absolute Gasteiger partial charge is 0.466 e. The quantitative estimate of drug-likeness (QED) is 0.528. The van der Waals surface area contributed by atoms with Crippen molar-refractivity contribution >= 4 is 38.4 Å². The molecule has 0 radical (unpaired) electrons. The van der Waals surface area contributed by atoms with Crippen molar-refractivity contribution in [2.75, 3.05) is 19.1 Å². The SMILES string of the molecule is COC(=O)C(CCS(C)(=O)=O)Oc1ncnc2c1cnn2-c1ccccc1Cl. The Bertz CT molecular complexity index is 1120.